The molecule has 6 nitrogen and oxygen atoms in total. The Labute approximate surface area is 136 Å². The number of rotatable bonds is 4. The smallest absolute Gasteiger partial charge is 0.228 e. The van der Waals surface area contributed by atoms with E-state index in [-0.39, 0.29) is 11.9 Å². The number of ether oxygens (including phenoxy) is 1. The zero-order chi connectivity index (χ0) is 16.2. The molecule has 23 heavy (non-hydrogen) atoms. The Morgan fingerprint density at radius 1 is 1.35 bits per heavy atom. The van der Waals surface area contributed by atoms with Crippen molar-refractivity contribution >= 4 is 5.91 Å². The first-order valence-electron chi connectivity index (χ1n) is 7.76. The van der Waals surface area contributed by atoms with Crippen LogP contribution in [0.2, 0.25) is 0 Å². The first-order chi connectivity index (χ1) is 11.2. The highest BCUT2D eigenvalue weighted by atomic mass is 16.5. The van der Waals surface area contributed by atoms with Gasteiger partial charge in [0.05, 0.1) is 25.9 Å². The summed E-state index contributed by atoms with van der Waals surface area (Å²) < 4.78 is 5.21. The van der Waals surface area contributed by atoms with Crippen LogP contribution in [0.3, 0.4) is 0 Å². The SMILES string of the molecule is COc1ccc([C@H]2CN(C(=O)Cc3cnc[nH]3)CCN2C)cc1. The number of imidazole rings is 1. The monoisotopic (exact) mass is 314 g/mol. The lowest BCUT2D eigenvalue weighted by Gasteiger charge is -2.39. The molecule has 122 valence electrons. The van der Waals surface area contributed by atoms with Gasteiger partial charge in [0, 0.05) is 31.5 Å². The molecule has 1 amide bonds. The number of piperazine rings is 1. The van der Waals surface area contributed by atoms with Gasteiger partial charge in [-0.3, -0.25) is 9.69 Å². The van der Waals surface area contributed by atoms with Crippen molar-refractivity contribution in [2.75, 3.05) is 33.8 Å². The van der Waals surface area contributed by atoms with Crippen LogP contribution in [-0.4, -0.2) is 59.5 Å². The van der Waals surface area contributed by atoms with Crippen molar-refractivity contribution < 1.29 is 9.53 Å². The van der Waals surface area contributed by atoms with Crippen molar-refractivity contribution in [2.24, 2.45) is 0 Å². The number of methoxy groups -OCH3 is 1. The van der Waals surface area contributed by atoms with E-state index < -0.39 is 0 Å². The predicted molar refractivity (Wildman–Crippen MR) is 87.2 cm³/mol. The molecule has 0 radical (unpaired) electrons. The standard InChI is InChI=1S/C17H22N4O2/c1-20-7-8-21(17(22)9-14-10-18-12-19-14)11-16(20)13-3-5-15(23-2)6-4-13/h3-6,10,12,16H,7-9,11H2,1-2H3,(H,18,19)/t16-/m1/s1. The lowest BCUT2D eigenvalue weighted by Crippen LogP contribution is -2.49. The van der Waals surface area contributed by atoms with Crippen molar-refractivity contribution in [3.05, 3.63) is 48.0 Å². The molecule has 0 saturated carbocycles. The molecule has 6 heteroatoms. The zero-order valence-corrected chi connectivity index (χ0v) is 13.5. The Hall–Kier alpha value is -2.34. The molecule has 2 heterocycles. The molecule has 1 fully saturated rings. The minimum absolute atomic E-state index is 0.140. The molecule has 1 aromatic heterocycles. The second-order valence-electron chi connectivity index (χ2n) is 5.86. The van der Waals surface area contributed by atoms with Crippen LogP contribution in [-0.2, 0) is 11.2 Å². The van der Waals surface area contributed by atoms with Gasteiger partial charge in [-0.15, -0.1) is 0 Å². The van der Waals surface area contributed by atoms with Crippen molar-refractivity contribution in [3.8, 4) is 5.75 Å². The maximum absolute atomic E-state index is 12.5. The van der Waals surface area contributed by atoms with Crippen LogP contribution in [0.25, 0.3) is 0 Å². The Morgan fingerprint density at radius 2 is 2.13 bits per heavy atom. The van der Waals surface area contributed by atoms with E-state index in [2.05, 4.69) is 34.0 Å². The summed E-state index contributed by atoms with van der Waals surface area (Å²) in [4.78, 5) is 23.7. The summed E-state index contributed by atoms with van der Waals surface area (Å²) in [6.45, 7) is 2.33. The molecule has 0 spiro atoms. The largest absolute Gasteiger partial charge is 0.497 e. The number of amides is 1. The normalized spacial score (nSPS) is 18.9. The fourth-order valence-electron chi connectivity index (χ4n) is 2.94. The highest BCUT2D eigenvalue weighted by Crippen LogP contribution is 2.26. The second-order valence-corrected chi connectivity index (χ2v) is 5.86. The molecular weight excluding hydrogens is 292 g/mol. The van der Waals surface area contributed by atoms with Crippen LogP contribution < -0.4 is 4.74 Å². The maximum Gasteiger partial charge on any atom is 0.228 e. The molecular formula is C17H22N4O2. The van der Waals surface area contributed by atoms with E-state index in [0.29, 0.717) is 13.0 Å². The number of hydrogen-bond donors (Lipinski definition) is 1. The first-order valence-corrected chi connectivity index (χ1v) is 7.76. The van der Waals surface area contributed by atoms with Crippen molar-refractivity contribution in [2.45, 2.75) is 12.5 Å². The summed E-state index contributed by atoms with van der Waals surface area (Å²) in [6.07, 6.45) is 3.68. The van der Waals surface area contributed by atoms with Gasteiger partial charge in [0.2, 0.25) is 5.91 Å². The Balaban J connectivity index is 1.69. The lowest BCUT2D eigenvalue weighted by molar-refractivity contribution is -0.133. The highest BCUT2D eigenvalue weighted by Gasteiger charge is 2.28. The van der Waals surface area contributed by atoms with E-state index in [0.717, 1.165) is 24.5 Å². The van der Waals surface area contributed by atoms with E-state index in [9.17, 15) is 4.79 Å². The van der Waals surface area contributed by atoms with Crippen LogP contribution in [0.1, 0.15) is 17.3 Å². The molecule has 1 aliphatic heterocycles. The number of hydrogen-bond acceptors (Lipinski definition) is 4. The third kappa shape index (κ3) is 3.53. The van der Waals surface area contributed by atoms with Gasteiger partial charge in [-0.25, -0.2) is 4.98 Å². The zero-order valence-electron chi connectivity index (χ0n) is 13.5. The molecule has 1 aliphatic rings. The molecule has 1 atom stereocenters. The van der Waals surface area contributed by atoms with E-state index in [1.807, 2.05) is 17.0 Å². The summed E-state index contributed by atoms with van der Waals surface area (Å²) in [5, 5.41) is 0. The Kier molecular flexibility index (Phi) is 4.62. The summed E-state index contributed by atoms with van der Waals surface area (Å²) >= 11 is 0. The first kappa shape index (κ1) is 15.6. The predicted octanol–water partition coefficient (Wildman–Crippen LogP) is 1.48. The minimum Gasteiger partial charge on any atom is -0.497 e. The minimum atomic E-state index is 0.140. The number of nitrogens with one attached hydrogen (secondary N) is 1. The number of likely N-dealkylation sites (N-methyl/N-ethyl adjacent to an activating group) is 1. The van der Waals surface area contributed by atoms with Crippen LogP contribution in [0.4, 0.5) is 0 Å². The third-order valence-electron chi connectivity index (χ3n) is 4.40. The molecule has 1 saturated heterocycles. The summed E-state index contributed by atoms with van der Waals surface area (Å²) in [6, 6.07) is 8.29. The van der Waals surface area contributed by atoms with Gasteiger partial charge in [0.15, 0.2) is 0 Å². The van der Waals surface area contributed by atoms with E-state index >= 15 is 0 Å². The van der Waals surface area contributed by atoms with Gasteiger partial charge in [0.25, 0.3) is 0 Å². The van der Waals surface area contributed by atoms with Crippen LogP contribution in [0, 0.1) is 0 Å². The van der Waals surface area contributed by atoms with Crippen molar-refractivity contribution in [3.63, 3.8) is 0 Å². The maximum atomic E-state index is 12.5. The van der Waals surface area contributed by atoms with Crippen LogP contribution in [0.5, 0.6) is 5.75 Å². The average molecular weight is 314 g/mol. The fraction of sp³-hybridized carbons (Fsp3) is 0.412. The number of aromatic amines is 1. The van der Waals surface area contributed by atoms with E-state index in [4.69, 9.17) is 4.74 Å². The average Bonchev–Trinajstić information content (AvgIpc) is 3.08. The number of carbonyl (C=O) groups is 1. The molecule has 0 bridgehead atoms. The fourth-order valence-corrected chi connectivity index (χ4v) is 2.94. The van der Waals surface area contributed by atoms with Crippen LogP contribution >= 0.6 is 0 Å². The number of aromatic nitrogens is 2. The van der Waals surface area contributed by atoms with Gasteiger partial charge in [-0.1, -0.05) is 12.1 Å². The summed E-state index contributed by atoms with van der Waals surface area (Å²) in [5.41, 5.74) is 2.06. The summed E-state index contributed by atoms with van der Waals surface area (Å²) in [7, 11) is 3.77. The molecule has 1 N–H and O–H groups in total. The number of nitrogens with zero attached hydrogens (tertiary/aromatic N) is 3. The second kappa shape index (κ2) is 6.83. The quantitative estimate of drug-likeness (QED) is 0.928. The van der Waals surface area contributed by atoms with Crippen molar-refractivity contribution in [1.29, 1.82) is 0 Å². The number of benzene rings is 1. The van der Waals surface area contributed by atoms with Gasteiger partial charge < -0.3 is 14.6 Å². The van der Waals surface area contributed by atoms with Crippen LogP contribution in [0.15, 0.2) is 36.8 Å². The molecule has 3 rings (SSSR count). The van der Waals surface area contributed by atoms with E-state index in [1.54, 1.807) is 19.6 Å². The third-order valence-corrected chi connectivity index (χ3v) is 4.40. The number of carbonyl (C=O) groups excluding carboxylic acids is 1. The Morgan fingerprint density at radius 3 is 2.78 bits per heavy atom. The molecule has 1 aromatic carbocycles. The molecule has 0 aliphatic carbocycles. The van der Waals surface area contributed by atoms with E-state index in [1.165, 1.54) is 5.56 Å². The van der Waals surface area contributed by atoms with Gasteiger partial charge in [0.1, 0.15) is 5.75 Å². The van der Waals surface area contributed by atoms with Gasteiger partial charge in [-0.2, -0.15) is 0 Å². The molecule has 2 aromatic rings. The topological polar surface area (TPSA) is 61.5 Å². The highest BCUT2D eigenvalue weighted by molar-refractivity contribution is 5.78. The van der Waals surface area contributed by atoms with Crippen molar-refractivity contribution in [1.82, 2.24) is 19.8 Å². The summed E-state index contributed by atoms with van der Waals surface area (Å²) in [5.74, 6) is 0.986. The molecule has 0 unspecified atom stereocenters. The van der Waals surface area contributed by atoms with Gasteiger partial charge in [-0.05, 0) is 24.7 Å². The lowest BCUT2D eigenvalue weighted by atomic mass is 10.0. The number of H-pyrrole nitrogens is 1. The van der Waals surface area contributed by atoms with Gasteiger partial charge >= 0.3 is 0 Å². The Bertz CT molecular complexity index is 639.